The Kier molecular flexibility index (Phi) is 3.49. The summed E-state index contributed by atoms with van der Waals surface area (Å²) >= 11 is 0. The molecule has 88 valence electrons. The molecule has 4 nitrogen and oxygen atoms in total. The number of nitrogens with two attached hydrogens (primary N) is 1. The second-order valence-electron chi connectivity index (χ2n) is 3.49. The lowest BCUT2D eigenvalue weighted by Gasteiger charge is -2.28. The lowest BCUT2D eigenvalue weighted by Crippen LogP contribution is -2.51. The van der Waals surface area contributed by atoms with Gasteiger partial charge in [0.2, 0.25) is 0 Å². The molecule has 0 fully saturated rings. The molecule has 0 saturated carbocycles. The molecule has 16 heavy (non-hydrogen) atoms. The van der Waals surface area contributed by atoms with Crippen molar-refractivity contribution in [3.05, 3.63) is 29.8 Å². The molecule has 1 rings (SSSR count). The van der Waals surface area contributed by atoms with Gasteiger partial charge < -0.3 is 15.6 Å². The normalized spacial score (nSPS) is 16.2. The Morgan fingerprint density at radius 1 is 1.56 bits per heavy atom. The predicted octanol–water partition coefficient (Wildman–Crippen LogP) is 1.29. The summed E-state index contributed by atoms with van der Waals surface area (Å²) in [7, 11) is 1.38. The second-order valence-corrected chi connectivity index (χ2v) is 3.49. The standard InChI is InChI=1S/C11H14FNO3/c1-7(12)11(13,10(14)15)8-5-3-4-6-9(8)16-2/h3-7H,13H2,1-2H3,(H,14,15). The average Bonchev–Trinajstić information content (AvgIpc) is 2.27. The number of carboxylic acids is 1. The van der Waals surface area contributed by atoms with Crippen LogP contribution in [0.4, 0.5) is 4.39 Å². The highest BCUT2D eigenvalue weighted by atomic mass is 19.1. The minimum absolute atomic E-state index is 0.125. The van der Waals surface area contributed by atoms with Crippen LogP contribution in [0, 0.1) is 0 Å². The largest absolute Gasteiger partial charge is 0.496 e. The summed E-state index contributed by atoms with van der Waals surface area (Å²) in [5.41, 5.74) is 3.66. The van der Waals surface area contributed by atoms with Crippen LogP contribution in [0.25, 0.3) is 0 Å². The van der Waals surface area contributed by atoms with Crippen LogP contribution in [0.2, 0.25) is 0 Å². The van der Waals surface area contributed by atoms with Crippen molar-refractivity contribution in [3.63, 3.8) is 0 Å². The van der Waals surface area contributed by atoms with Crippen LogP contribution in [0.3, 0.4) is 0 Å². The van der Waals surface area contributed by atoms with Gasteiger partial charge in [-0.2, -0.15) is 0 Å². The molecule has 5 heteroatoms. The molecule has 1 aromatic rings. The Morgan fingerprint density at radius 2 is 2.12 bits per heavy atom. The third kappa shape index (κ3) is 1.86. The number of ether oxygens (including phenoxy) is 1. The molecule has 0 amide bonds. The van der Waals surface area contributed by atoms with Crippen molar-refractivity contribution in [1.82, 2.24) is 0 Å². The molecule has 3 N–H and O–H groups in total. The van der Waals surface area contributed by atoms with E-state index in [9.17, 15) is 9.18 Å². The van der Waals surface area contributed by atoms with E-state index in [0.29, 0.717) is 0 Å². The zero-order chi connectivity index (χ0) is 12.3. The number of para-hydroxylation sites is 1. The van der Waals surface area contributed by atoms with E-state index < -0.39 is 17.7 Å². The maximum Gasteiger partial charge on any atom is 0.331 e. The highest BCUT2D eigenvalue weighted by molar-refractivity contribution is 5.82. The molecule has 0 aliphatic rings. The van der Waals surface area contributed by atoms with Crippen molar-refractivity contribution < 1.29 is 19.0 Å². The van der Waals surface area contributed by atoms with Gasteiger partial charge in [-0.15, -0.1) is 0 Å². The van der Waals surface area contributed by atoms with Crippen molar-refractivity contribution in [3.8, 4) is 5.75 Å². The minimum Gasteiger partial charge on any atom is -0.496 e. The lowest BCUT2D eigenvalue weighted by molar-refractivity contribution is -0.146. The lowest BCUT2D eigenvalue weighted by atomic mass is 9.86. The smallest absolute Gasteiger partial charge is 0.331 e. The summed E-state index contributed by atoms with van der Waals surface area (Å²) in [6.45, 7) is 1.11. The first-order valence-electron chi connectivity index (χ1n) is 4.74. The quantitative estimate of drug-likeness (QED) is 0.813. The first kappa shape index (κ1) is 12.4. The van der Waals surface area contributed by atoms with Crippen molar-refractivity contribution >= 4 is 5.97 Å². The molecule has 0 heterocycles. The fourth-order valence-electron chi connectivity index (χ4n) is 1.49. The number of carboxylic acid groups (broad SMARTS) is 1. The fraction of sp³-hybridized carbons (Fsp3) is 0.364. The molecule has 1 aromatic carbocycles. The molecular formula is C11H14FNO3. The highest BCUT2D eigenvalue weighted by Gasteiger charge is 2.44. The number of hydrogen-bond acceptors (Lipinski definition) is 3. The summed E-state index contributed by atoms with van der Waals surface area (Å²) in [6.07, 6.45) is -1.73. The summed E-state index contributed by atoms with van der Waals surface area (Å²) in [5, 5.41) is 9.06. The van der Waals surface area contributed by atoms with Gasteiger partial charge in [0.25, 0.3) is 0 Å². The van der Waals surface area contributed by atoms with E-state index in [-0.39, 0.29) is 11.3 Å². The topological polar surface area (TPSA) is 72.5 Å². The van der Waals surface area contributed by atoms with E-state index in [1.807, 2.05) is 0 Å². The van der Waals surface area contributed by atoms with Gasteiger partial charge in [0, 0.05) is 5.56 Å². The monoisotopic (exact) mass is 227 g/mol. The van der Waals surface area contributed by atoms with Crippen LogP contribution < -0.4 is 10.5 Å². The van der Waals surface area contributed by atoms with Crippen molar-refractivity contribution in [2.75, 3.05) is 7.11 Å². The molecule has 0 bridgehead atoms. The number of methoxy groups -OCH3 is 1. The SMILES string of the molecule is COc1ccccc1C(N)(C(=O)O)C(C)F. The van der Waals surface area contributed by atoms with E-state index >= 15 is 0 Å². The molecule has 2 unspecified atom stereocenters. The molecule has 0 aliphatic carbocycles. The van der Waals surface area contributed by atoms with Crippen LogP contribution in [-0.4, -0.2) is 24.4 Å². The second kappa shape index (κ2) is 4.49. The maximum atomic E-state index is 13.4. The van der Waals surface area contributed by atoms with Crippen LogP contribution in [0.1, 0.15) is 12.5 Å². The minimum atomic E-state index is -2.09. The van der Waals surface area contributed by atoms with Gasteiger partial charge >= 0.3 is 5.97 Å². The number of aliphatic carboxylic acids is 1. The number of rotatable bonds is 4. The van der Waals surface area contributed by atoms with E-state index in [2.05, 4.69) is 0 Å². The van der Waals surface area contributed by atoms with Gasteiger partial charge in [-0.25, -0.2) is 9.18 Å². The predicted molar refractivity (Wildman–Crippen MR) is 57.1 cm³/mol. The van der Waals surface area contributed by atoms with E-state index in [0.717, 1.165) is 6.92 Å². The van der Waals surface area contributed by atoms with Gasteiger partial charge in [0.05, 0.1) is 7.11 Å². The Bertz CT molecular complexity index is 395. The fourth-order valence-corrected chi connectivity index (χ4v) is 1.49. The number of carbonyl (C=O) groups is 1. The van der Waals surface area contributed by atoms with E-state index in [4.69, 9.17) is 15.6 Å². The third-order valence-corrected chi connectivity index (χ3v) is 2.53. The Morgan fingerprint density at radius 3 is 2.56 bits per heavy atom. The van der Waals surface area contributed by atoms with Crippen molar-refractivity contribution in [2.45, 2.75) is 18.6 Å². The molecule has 0 aliphatic heterocycles. The van der Waals surface area contributed by atoms with Gasteiger partial charge in [0.1, 0.15) is 11.9 Å². The zero-order valence-electron chi connectivity index (χ0n) is 9.11. The van der Waals surface area contributed by atoms with Gasteiger partial charge in [0.15, 0.2) is 5.54 Å². The van der Waals surface area contributed by atoms with Crippen LogP contribution in [0.5, 0.6) is 5.75 Å². The summed E-state index contributed by atoms with van der Waals surface area (Å²) in [5.74, 6) is -1.16. The van der Waals surface area contributed by atoms with Crippen LogP contribution >= 0.6 is 0 Å². The molecule has 2 atom stereocenters. The number of halogens is 1. The maximum absolute atomic E-state index is 13.4. The number of alkyl halides is 1. The Labute approximate surface area is 92.8 Å². The molecule has 0 radical (unpaired) electrons. The number of hydrogen-bond donors (Lipinski definition) is 2. The van der Waals surface area contributed by atoms with Crippen LogP contribution in [0.15, 0.2) is 24.3 Å². The Balaban J connectivity index is 3.37. The average molecular weight is 227 g/mol. The van der Waals surface area contributed by atoms with Gasteiger partial charge in [-0.05, 0) is 13.0 Å². The van der Waals surface area contributed by atoms with E-state index in [1.54, 1.807) is 18.2 Å². The number of benzene rings is 1. The van der Waals surface area contributed by atoms with Crippen LogP contribution in [-0.2, 0) is 10.3 Å². The molecule has 0 aromatic heterocycles. The first-order valence-corrected chi connectivity index (χ1v) is 4.74. The van der Waals surface area contributed by atoms with Gasteiger partial charge in [-0.1, -0.05) is 18.2 Å². The molecule has 0 spiro atoms. The highest BCUT2D eigenvalue weighted by Crippen LogP contribution is 2.32. The third-order valence-electron chi connectivity index (χ3n) is 2.53. The van der Waals surface area contributed by atoms with E-state index in [1.165, 1.54) is 13.2 Å². The molecule has 0 saturated heterocycles. The molecular weight excluding hydrogens is 213 g/mol. The summed E-state index contributed by atoms with van der Waals surface area (Å²) < 4.78 is 18.4. The Hall–Kier alpha value is -1.62. The first-order chi connectivity index (χ1) is 7.44. The summed E-state index contributed by atoms with van der Waals surface area (Å²) in [4.78, 5) is 11.1. The zero-order valence-corrected chi connectivity index (χ0v) is 9.11. The van der Waals surface area contributed by atoms with Gasteiger partial charge in [-0.3, -0.25) is 0 Å². The summed E-state index contributed by atoms with van der Waals surface area (Å²) in [6, 6.07) is 6.24. The van der Waals surface area contributed by atoms with Crippen molar-refractivity contribution in [2.24, 2.45) is 5.73 Å². The van der Waals surface area contributed by atoms with Crippen molar-refractivity contribution in [1.29, 1.82) is 0 Å².